The minimum absolute atomic E-state index is 0.393. The van der Waals surface area contributed by atoms with Crippen molar-refractivity contribution in [1.29, 1.82) is 5.26 Å². The van der Waals surface area contributed by atoms with Gasteiger partial charge >= 0.3 is 5.63 Å². The van der Waals surface area contributed by atoms with Gasteiger partial charge in [0.1, 0.15) is 5.58 Å². The summed E-state index contributed by atoms with van der Waals surface area (Å²) in [6.45, 7) is 0. The average molecular weight is 237 g/mol. The van der Waals surface area contributed by atoms with E-state index in [1.165, 1.54) is 6.07 Å². The number of fused-ring (bicyclic) bond motifs is 1. The summed E-state index contributed by atoms with van der Waals surface area (Å²) in [5, 5.41) is 9.25. The second-order valence-electron chi connectivity index (χ2n) is 3.79. The molecule has 3 nitrogen and oxygen atoms in total. The lowest BCUT2D eigenvalue weighted by molar-refractivity contribution is 0.560. The van der Waals surface area contributed by atoms with Crippen LogP contribution in [0.4, 0.5) is 0 Å². The van der Waals surface area contributed by atoms with Crippen LogP contribution in [0.2, 0.25) is 0 Å². The van der Waals surface area contributed by atoms with E-state index >= 15 is 0 Å². The van der Waals surface area contributed by atoms with E-state index < -0.39 is 5.63 Å². The molecule has 0 fully saturated rings. The van der Waals surface area contributed by atoms with Crippen LogP contribution in [0.25, 0.3) is 11.0 Å². The molecule has 0 saturated heterocycles. The maximum Gasteiger partial charge on any atom is 0.337 e. The summed E-state index contributed by atoms with van der Waals surface area (Å²) >= 11 is 0. The second kappa shape index (κ2) is 5.70. The molecule has 3 heteroatoms. The van der Waals surface area contributed by atoms with E-state index in [-0.39, 0.29) is 0 Å². The fourth-order valence-corrected chi connectivity index (χ4v) is 1.63. The first-order valence-corrected chi connectivity index (χ1v) is 5.70. The molecule has 2 aromatic rings. The van der Waals surface area contributed by atoms with Gasteiger partial charge in [0.15, 0.2) is 0 Å². The van der Waals surface area contributed by atoms with E-state index in [2.05, 4.69) is 17.9 Å². The first kappa shape index (κ1) is 12.0. The summed E-state index contributed by atoms with van der Waals surface area (Å²) in [4.78, 5) is 11.4. The van der Waals surface area contributed by atoms with E-state index in [9.17, 15) is 4.79 Å². The summed E-state index contributed by atoms with van der Waals surface area (Å²) in [6.07, 6.45) is 1.91. The van der Waals surface area contributed by atoms with Crippen LogP contribution in [-0.2, 0) is 0 Å². The van der Waals surface area contributed by atoms with Gasteiger partial charge in [0.05, 0.1) is 6.07 Å². The van der Waals surface area contributed by atoms with Crippen LogP contribution in [0.5, 0.6) is 0 Å². The normalized spacial score (nSPS) is 9.50. The topological polar surface area (TPSA) is 54.0 Å². The molecular formula is C15H11NO2. The molecule has 0 atom stereocenters. The Balaban J connectivity index is 2.33. The van der Waals surface area contributed by atoms with Crippen LogP contribution < -0.4 is 5.63 Å². The first-order valence-electron chi connectivity index (χ1n) is 5.70. The summed E-state index contributed by atoms with van der Waals surface area (Å²) < 4.78 is 5.08. The Labute approximate surface area is 105 Å². The molecule has 0 saturated carbocycles. The fraction of sp³-hybridized carbons (Fsp3) is 0.200. The Morgan fingerprint density at radius 2 is 2.06 bits per heavy atom. The van der Waals surface area contributed by atoms with E-state index in [0.717, 1.165) is 11.8 Å². The maximum absolute atomic E-state index is 11.4. The van der Waals surface area contributed by atoms with Crippen molar-refractivity contribution in [3.05, 3.63) is 46.3 Å². The maximum atomic E-state index is 11.4. The van der Waals surface area contributed by atoms with Crippen LogP contribution in [-0.4, -0.2) is 0 Å². The molecule has 0 spiro atoms. The zero-order chi connectivity index (χ0) is 12.8. The molecule has 0 aliphatic carbocycles. The van der Waals surface area contributed by atoms with Gasteiger partial charge in [0.25, 0.3) is 0 Å². The first-order chi connectivity index (χ1) is 8.81. The van der Waals surface area contributed by atoms with Crippen LogP contribution in [0, 0.1) is 23.2 Å². The van der Waals surface area contributed by atoms with Gasteiger partial charge in [-0.1, -0.05) is 24.0 Å². The Hall–Kier alpha value is -2.52. The summed E-state index contributed by atoms with van der Waals surface area (Å²) in [5.74, 6) is 5.94. The van der Waals surface area contributed by atoms with Gasteiger partial charge < -0.3 is 4.42 Å². The van der Waals surface area contributed by atoms with Crippen LogP contribution in [0.3, 0.4) is 0 Å². The third kappa shape index (κ3) is 2.78. The number of para-hydroxylation sites is 1. The second-order valence-corrected chi connectivity index (χ2v) is 3.79. The predicted octanol–water partition coefficient (Wildman–Crippen LogP) is 2.84. The Bertz CT molecular complexity index is 711. The molecule has 0 amide bonds. The Morgan fingerprint density at radius 3 is 2.89 bits per heavy atom. The SMILES string of the molecule is N#CCCCC#Cc1cc(=O)oc2ccccc12. The zero-order valence-electron chi connectivity index (χ0n) is 9.77. The monoisotopic (exact) mass is 237 g/mol. The highest BCUT2D eigenvalue weighted by molar-refractivity contribution is 5.82. The van der Waals surface area contributed by atoms with Crippen LogP contribution >= 0.6 is 0 Å². The Kier molecular flexibility index (Phi) is 3.79. The van der Waals surface area contributed by atoms with Crippen molar-refractivity contribution in [3.8, 4) is 17.9 Å². The molecule has 1 heterocycles. The number of nitrogens with zero attached hydrogens (tertiary/aromatic N) is 1. The largest absolute Gasteiger partial charge is 0.423 e. The highest BCUT2D eigenvalue weighted by Crippen LogP contribution is 2.15. The molecule has 0 aliphatic rings. The van der Waals surface area contributed by atoms with E-state index in [1.54, 1.807) is 6.07 Å². The highest BCUT2D eigenvalue weighted by Gasteiger charge is 2.01. The Morgan fingerprint density at radius 1 is 1.22 bits per heavy atom. The molecule has 18 heavy (non-hydrogen) atoms. The van der Waals surface area contributed by atoms with Crippen molar-refractivity contribution in [2.24, 2.45) is 0 Å². The zero-order valence-corrected chi connectivity index (χ0v) is 9.77. The van der Waals surface area contributed by atoms with Crippen LogP contribution in [0.15, 0.2) is 39.5 Å². The average Bonchev–Trinajstić information content (AvgIpc) is 2.38. The molecular weight excluding hydrogens is 226 g/mol. The van der Waals surface area contributed by atoms with E-state index in [0.29, 0.717) is 24.0 Å². The number of benzene rings is 1. The van der Waals surface area contributed by atoms with E-state index in [4.69, 9.17) is 9.68 Å². The molecule has 0 N–H and O–H groups in total. The molecule has 1 aromatic heterocycles. The summed E-state index contributed by atoms with van der Waals surface area (Å²) in [7, 11) is 0. The van der Waals surface area contributed by atoms with Crippen molar-refractivity contribution < 1.29 is 4.42 Å². The van der Waals surface area contributed by atoms with Gasteiger partial charge in [-0.3, -0.25) is 0 Å². The van der Waals surface area contributed by atoms with Crippen molar-refractivity contribution in [1.82, 2.24) is 0 Å². The standard InChI is InChI=1S/C15H11NO2/c16-10-6-2-1-3-7-12-11-15(17)18-14-9-5-4-8-13(12)14/h4-5,8-9,11H,1-2,6H2. The lowest BCUT2D eigenvalue weighted by Gasteiger charge is -1.97. The van der Waals surface area contributed by atoms with Crippen molar-refractivity contribution in [3.63, 3.8) is 0 Å². The molecule has 0 bridgehead atoms. The van der Waals surface area contributed by atoms with Crippen LogP contribution in [0.1, 0.15) is 24.8 Å². The van der Waals surface area contributed by atoms with Crippen molar-refractivity contribution in [2.45, 2.75) is 19.3 Å². The lowest BCUT2D eigenvalue weighted by Crippen LogP contribution is -1.98. The van der Waals surface area contributed by atoms with Gasteiger partial charge in [-0.05, 0) is 18.6 Å². The number of nitriles is 1. The fourth-order valence-electron chi connectivity index (χ4n) is 1.63. The smallest absolute Gasteiger partial charge is 0.337 e. The third-order valence-electron chi connectivity index (χ3n) is 2.46. The molecule has 0 unspecified atom stereocenters. The molecule has 2 rings (SSSR count). The number of hydrogen-bond acceptors (Lipinski definition) is 3. The van der Waals surface area contributed by atoms with E-state index in [1.807, 2.05) is 18.2 Å². The molecule has 1 aromatic carbocycles. The van der Waals surface area contributed by atoms with Gasteiger partial charge in [-0.15, -0.1) is 0 Å². The number of unbranched alkanes of at least 4 members (excludes halogenated alkanes) is 2. The van der Waals surface area contributed by atoms with Crippen molar-refractivity contribution in [2.75, 3.05) is 0 Å². The summed E-state index contributed by atoms with van der Waals surface area (Å²) in [5.41, 5.74) is 0.833. The highest BCUT2D eigenvalue weighted by atomic mass is 16.4. The molecule has 88 valence electrons. The third-order valence-corrected chi connectivity index (χ3v) is 2.46. The predicted molar refractivity (Wildman–Crippen MR) is 68.8 cm³/mol. The van der Waals surface area contributed by atoms with Crippen molar-refractivity contribution >= 4 is 11.0 Å². The molecule has 0 radical (unpaired) electrons. The minimum Gasteiger partial charge on any atom is -0.423 e. The van der Waals surface area contributed by atoms with Gasteiger partial charge in [0.2, 0.25) is 0 Å². The van der Waals surface area contributed by atoms with Gasteiger partial charge in [0, 0.05) is 29.9 Å². The minimum atomic E-state index is -0.393. The number of hydrogen-bond donors (Lipinski definition) is 0. The lowest BCUT2D eigenvalue weighted by atomic mass is 10.1. The van der Waals surface area contributed by atoms with Gasteiger partial charge in [-0.25, -0.2) is 4.79 Å². The summed E-state index contributed by atoms with van der Waals surface area (Å²) in [6, 6.07) is 10.8. The number of rotatable bonds is 2. The molecule has 0 aliphatic heterocycles. The van der Waals surface area contributed by atoms with Gasteiger partial charge in [-0.2, -0.15) is 5.26 Å². The quantitative estimate of drug-likeness (QED) is 0.458.